The van der Waals surface area contributed by atoms with Gasteiger partial charge in [-0.2, -0.15) is 0 Å². The molecule has 0 atom stereocenters. The molecule has 0 aliphatic carbocycles. The first-order valence-electron chi connectivity index (χ1n) is 8.89. The van der Waals surface area contributed by atoms with Crippen LogP contribution in [0.4, 0.5) is 0 Å². The van der Waals surface area contributed by atoms with Gasteiger partial charge in [-0.3, -0.25) is 4.98 Å². The molecule has 0 radical (unpaired) electrons. The van der Waals surface area contributed by atoms with Gasteiger partial charge in [-0.05, 0) is 36.4 Å². The minimum atomic E-state index is 0.363. The van der Waals surface area contributed by atoms with Crippen LogP contribution in [0.15, 0.2) is 71.3 Å². The van der Waals surface area contributed by atoms with Crippen molar-refractivity contribution in [3.05, 3.63) is 72.6 Å². The number of hydrogen-bond donors (Lipinski definition) is 1. The van der Waals surface area contributed by atoms with E-state index in [0.29, 0.717) is 23.8 Å². The predicted octanol–water partition coefficient (Wildman–Crippen LogP) is 4.96. The Morgan fingerprint density at radius 3 is 2.71 bits per heavy atom. The molecule has 1 N–H and O–H groups in total. The number of aromatic nitrogens is 3. The van der Waals surface area contributed by atoms with Crippen LogP contribution in [0.25, 0.3) is 33.6 Å². The van der Waals surface area contributed by atoms with Gasteiger partial charge in [0.1, 0.15) is 29.3 Å². The molecule has 138 valence electrons. The SMILES string of the molecule is COc1ccc(COc2ccc3oc(-c4cc5ccccc5[nH]4)nc3c2)nc1. The second-order valence-electron chi connectivity index (χ2n) is 6.40. The number of ether oxygens (including phenoxy) is 2. The molecule has 2 aromatic carbocycles. The molecule has 0 bridgehead atoms. The van der Waals surface area contributed by atoms with Crippen molar-refractivity contribution >= 4 is 22.0 Å². The molecule has 3 heterocycles. The van der Waals surface area contributed by atoms with Crippen LogP contribution < -0.4 is 9.47 Å². The molecular weight excluding hydrogens is 354 g/mol. The van der Waals surface area contributed by atoms with Crippen LogP contribution in [0.1, 0.15) is 5.69 Å². The minimum Gasteiger partial charge on any atom is -0.495 e. The highest BCUT2D eigenvalue weighted by atomic mass is 16.5. The molecule has 0 fully saturated rings. The third-order valence-electron chi connectivity index (χ3n) is 4.54. The largest absolute Gasteiger partial charge is 0.495 e. The molecule has 0 amide bonds. The van der Waals surface area contributed by atoms with E-state index in [4.69, 9.17) is 13.9 Å². The second kappa shape index (κ2) is 6.74. The fourth-order valence-electron chi connectivity index (χ4n) is 3.08. The van der Waals surface area contributed by atoms with Crippen LogP contribution in [0.2, 0.25) is 0 Å². The average Bonchev–Trinajstić information content (AvgIpc) is 3.36. The summed E-state index contributed by atoms with van der Waals surface area (Å²) < 4.78 is 16.9. The van der Waals surface area contributed by atoms with Crippen molar-refractivity contribution in [2.75, 3.05) is 7.11 Å². The lowest BCUT2D eigenvalue weighted by Gasteiger charge is -2.06. The summed E-state index contributed by atoms with van der Waals surface area (Å²) >= 11 is 0. The Morgan fingerprint density at radius 1 is 1.00 bits per heavy atom. The fraction of sp³-hybridized carbons (Fsp3) is 0.0909. The van der Waals surface area contributed by atoms with Crippen LogP contribution in [0.5, 0.6) is 11.5 Å². The van der Waals surface area contributed by atoms with Crippen LogP contribution in [0, 0.1) is 0 Å². The molecule has 0 saturated carbocycles. The third kappa shape index (κ3) is 3.05. The van der Waals surface area contributed by atoms with Crippen molar-refractivity contribution in [1.82, 2.24) is 15.0 Å². The van der Waals surface area contributed by atoms with E-state index in [1.165, 1.54) is 0 Å². The number of benzene rings is 2. The normalized spacial score (nSPS) is 11.2. The number of fused-ring (bicyclic) bond motifs is 2. The molecule has 6 nitrogen and oxygen atoms in total. The zero-order valence-corrected chi connectivity index (χ0v) is 15.2. The summed E-state index contributed by atoms with van der Waals surface area (Å²) in [6, 6.07) is 19.5. The van der Waals surface area contributed by atoms with E-state index in [2.05, 4.69) is 21.0 Å². The van der Waals surface area contributed by atoms with E-state index < -0.39 is 0 Å². The predicted molar refractivity (Wildman–Crippen MR) is 106 cm³/mol. The van der Waals surface area contributed by atoms with Gasteiger partial charge in [0.25, 0.3) is 0 Å². The second-order valence-corrected chi connectivity index (χ2v) is 6.40. The number of hydrogen-bond acceptors (Lipinski definition) is 5. The Labute approximate surface area is 160 Å². The van der Waals surface area contributed by atoms with Gasteiger partial charge in [0, 0.05) is 17.0 Å². The maximum atomic E-state index is 5.90. The molecule has 6 heteroatoms. The first kappa shape index (κ1) is 16.4. The summed E-state index contributed by atoms with van der Waals surface area (Å²) in [4.78, 5) is 12.2. The number of pyridine rings is 1. The topological polar surface area (TPSA) is 73.2 Å². The number of methoxy groups -OCH3 is 1. The zero-order chi connectivity index (χ0) is 18.9. The molecule has 28 heavy (non-hydrogen) atoms. The van der Waals surface area contributed by atoms with E-state index in [-0.39, 0.29) is 0 Å². The van der Waals surface area contributed by atoms with E-state index in [0.717, 1.165) is 33.6 Å². The lowest BCUT2D eigenvalue weighted by molar-refractivity contribution is 0.301. The number of H-pyrrole nitrogens is 1. The van der Waals surface area contributed by atoms with Crippen LogP contribution in [0.3, 0.4) is 0 Å². The molecule has 3 aromatic heterocycles. The molecule has 0 aliphatic heterocycles. The Hall–Kier alpha value is -3.80. The monoisotopic (exact) mass is 371 g/mol. The van der Waals surface area contributed by atoms with Gasteiger partial charge >= 0.3 is 0 Å². The van der Waals surface area contributed by atoms with E-state index in [9.17, 15) is 0 Å². The fourth-order valence-corrected chi connectivity index (χ4v) is 3.08. The highest BCUT2D eigenvalue weighted by Gasteiger charge is 2.12. The summed E-state index contributed by atoms with van der Waals surface area (Å²) in [7, 11) is 1.62. The highest BCUT2D eigenvalue weighted by Crippen LogP contribution is 2.29. The van der Waals surface area contributed by atoms with Crippen molar-refractivity contribution in [3.63, 3.8) is 0 Å². The van der Waals surface area contributed by atoms with Crippen molar-refractivity contribution < 1.29 is 13.9 Å². The number of oxazole rings is 1. The summed E-state index contributed by atoms with van der Waals surface area (Å²) in [6.45, 7) is 0.363. The molecule has 5 rings (SSSR count). The van der Waals surface area contributed by atoms with Gasteiger partial charge in [-0.15, -0.1) is 0 Å². The quantitative estimate of drug-likeness (QED) is 0.473. The van der Waals surface area contributed by atoms with Crippen molar-refractivity contribution in [3.8, 4) is 23.1 Å². The standard InChI is InChI=1S/C22H17N3O3/c1-26-17-7-6-15(23-12-17)13-27-16-8-9-21-19(11-16)25-22(28-21)20-10-14-4-2-3-5-18(14)24-20/h2-12,24H,13H2,1H3. The summed E-state index contributed by atoms with van der Waals surface area (Å²) in [5.41, 5.74) is 4.18. The average molecular weight is 371 g/mol. The van der Waals surface area contributed by atoms with Crippen molar-refractivity contribution in [2.45, 2.75) is 6.61 Å². The molecule has 0 saturated heterocycles. The van der Waals surface area contributed by atoms with E-state index in [1.54, 1.807) is 13.3 Å². The van der Waals surface area contributed by atoms with E-state index in [1.807, 2.05) is 54.6 Å². The van der Waals surface area contributed by atoms with Crippen LogP contribution >= 0.6 is 0 Å². The van der Waals surface area contributed by atoms with Crippen molar-refractivity contribution in [2.24, 2.45) is 0 Å². The van der Waals surface area contributed by atoms with Crippen LogP contribution in [-0.4, -0.2) is 22.1 Å². The number of para-hydroxylation sites is 1. The Kier molecular flexibility index (Phi) is 3.94. The van der Waals surface area contributed by atoms with Gasteiger partial charge < -0.3 is 18.9 Å². The first-order chi connectivity index (χ1) is 13.8. The number of nitrogens with zero attached hydrogens (tertiary/aromatic N) is 2. The van der Waals surface area contributed by atoms with E-state index >= 15 is 0 Å². The van der Waals surface area contributed by atoms with Gasteiger partial charge in [-0.25, -0.2) is 4.98 Å². The maximum Gasteiger partial charge on any atom is 0.244 e. The summed E-state index contributed by atoms with van der Waals surface area (Å²) in [6.07, 6.45) is 1.67. The minimum absolute atomic E-state index is 0.363. The Balaban J connectivity index is 1.38. The van der Waals surface area contributed by atoms with Gasteiger partial charge in [0.05, 0.1) is 19.0 Å². The van der Waals surface area contributed by atoms with Crippen molar-refractivity contribution in [1.29, 1.82) is 0 Å². The van der Waals surface area contributed by atoms with Gasteiger partial charge in [-0.1, -0.05) is 18.2 Å². The molecule has 0 aliphatic rings. The number of nitrogens with one attached hydrogen (secondary N) is 1. The molecule has 0 spiro atoms. The summed E-state index contributed by atoms with van der Waals surface area (Å²) in [5, 5.41) is 1.12. The maximum absolute atomic E-state index is 5.90. The van der Waals surface area contributed by atoms with Gasteiger partial charge in [0.15, 0.2) is 5.58 Å². The van der Waals surface area contributed by atoms with Crippen LogP contribution in [-0.2, 0) is 6.61 Å². The lowest BCUT2D eigenvalue weighted by Crippen LogP contribution is -1.98. The Morgan fingerprint density at radius 2 is 1.89 bits per heavy atom. The zero-order valence-electron chi connectivity index (χ0n) is 15.2. The smallest absolute Gasteiger partial charge is 0.244 e. The first-order valence-corrected chi connectivity index (χ1v) is 8.89. The highest BCUT2D eigenvalue weighted by molar-refractivity contribution is 5.85. The number of aromatic amines is 1. The van der Waals surface area contributed by atoms with Gasteiger partial charge in [0.2, 0.25) is 5.89 Å². The molecule has 5 aromatic rings. The Bertz CT molecular complexity index is 1220. The molecular formula is C22H17N3O3. The number of rotatable bonds is 5. The summed E-state index contributed by atoms with van der Waals surface area (Å²) in [5.74, 6) is 1.99. The molecule has 0 unspecified atom stereocenters. The third-order valence-corrected chi connectivity index (χ3v) is 4.54. The lowest BCUT2D eigenvalue weighted by atomic mass is 10.2.